The van der Waals surface area contributed by atoms with Gasteiger partial charge < -0.3 is 74.1 Å². The maximum atomic E-state index is 16.0. The molecule has 12 atom stereocenters. The minimum atomic E-state index is -1.70. The number of nitrogens with one attached hydrogen (secondary N) is 7. The third-order valence-corrected chi connectivity index (χ3v) is 15.8. The molecule has 3 aromatic rings. The van der Waals surface area contributed by atoms with Crippen molar-refractivity contribution in [3.05, 3.63) is 71.9 Å². The number of likely N-dealkylation sites (N-methyl/N-ethyl adjacent to an activating group) is 1. The first kappa shape index (κ1) is 71.1. The van der Waals surface area contributed by atoms with Gasteiger partial charge in [-0.2, -0.15) is 0 Å². The van der Waals surface area contributed by atoms with E-state index in [1.807, 2.05) is 88.6 Å². The molecule has 3 aliphatic rings. The summed E-state index contributed by atoms with van der Waals surface area (Å²) in [5, 5.41) is 19.7. The molecular weight excluding hydrogens is 1180 g/mol. The van der Waals surface area contributed by atoms with Gasteiger partial charge in [0.2, 0.25) is 0 Å². The van der Waals surface area contributed by atoms with Crippen LogP contribution in [0.15, 0.2) is 60.8 Å². The molecule has 0 saturated carbocycles. The molecule has 0 spiro atoms. The number of aldehydes is 6. The van der Waals surface area contributed by atoms with Crippen molar-refractivity contribution in [3.63, 3.8) is 0 Å². The summed E-state index contributed by atoms with van der Waals surface area (Å²) in [5.41, 5.74) is 8.23. The summed E-state index contributed by atoms with van der Waals surface area (Å²) in [7, 11) is 1.70. The molecule has 3 aliphatic heterocycles. The van der Waals surface area contributed by atoms with Crippen LogP contribution in [0.3, 0.4) is 0 Å². The quantitative estimate of drug-likeness (QED) is 0.0192. The van der Waals surface area contributed by atoms with Gasteiger partial charge in [0, 0.05) is 95.6 Å². The van der Waals surface area contributed by atoms with E-state index in [1.165, 1.54) is 19.6 Å². The number of hydrogen-bond acceptors (Lipinski definition) is 20. The van der Waals surface area contributed by atoms with Crippen LogP contribution in [0.4, 0.5) is 0 Å². The molecular formula is C60H87N14O11Y-. The van der Waals surface area contributed by atoms with Gasteiger partial charge in [-0.15, -0.1) is 0 Å². The predicted octanol–water partition coefficient (Wildman–Crippen LogP) is -1.21. The molecule has 2 aromatic carbocycles. The number of fused-ring (bicyclic) bond motifs is 1. The fourth-order valence-electron chi connectivity index (χ4n) is 11.4. The largest absolute Gasteiger partial charge is 0.539 e. The minimum absolute atomic E-state index is 0. The molecule has 25 nitrogen and oxygen atoms in total. The Morgan fingerprint density at radius 1 is 0.640 bits per heavy atom. The van der Waals surface area contributed by atoms with Crippen LogP contribution in [0.25, 0.3) is 10.9 Å². The smallest absolute Gasteiger partial charge is 0.262 e. The van der Waals surface area contributed by atoms with Crippen LogP contribution in [0.2, 0.25) is 0 Å². The average Bonchev–Trinajstić information content (AvgIpc) is 1.49. The van der Waals surface area contributed by atoms with Gasteiger partial charge in [-0.25, -0.2) is 6.29 Å². The monoisotopic (exact) mass is 1270 g/mol. The van der Waals surface area contributed by atoms with Gasteiger partial charge in [0.1, 0.15) is 43.9 Å². The van der Waals surface area contributed by atoms with Gasteiger partial charge in [0.15, 0.2) is 18.5 Å². The van der Waals surface area contributed by atoms with E-state index in [0.29, 0.717) is 57.2 Å². The summed E-state index contributed by atoms with van der Waals surface area (Å²) < 4.78 is 0. The van der Waals surface area contributed by atoms with Crippen molar-refractivity contribution in [2.75, 3.05) is 59.4 Å². The van der Waals surface area contributed by atoms with Crippen LogP contribution < -0.4 is 37.6 Å². The van der Waals surface area contributed by atoms with Crippen LogP contribution in [0, 0.1) is 11.8 Å². The average molecular weight is 1270 g/mol. The summed E-state index contributed by atoms with van der Waals surface area (Å²) in [6.45, 7) is 8.96. The molecule has 3 saturated heterocycles. The molecule has 4 amide bonds. The Labute approximate surface area is 529 Å². The third kappa shape index (κ3) is 19.1. The second-order valence-electron chi connectivity index (χ2n) is 23.2. The van der Waals surface area contributed by atoms with Gasteiger partial charge >= 0.3 is 0 Å². The first-order valence-corrected chi connectivity index (χ1v) is 29.5. The van der Waals surface area contributed by atoms with E-state index < -0.39 is 96.9 Å². The van der Waals surface area contributed by atoms with Crippen molar-refractivity contribution in [3.8, 4) is 0 Å². The number of nitrogens with two attached hydrogens (primary N) is 1. The predicted molar refractivity (Wildman–Crippen MR) is 317 cm³/mol. The number of benzene rings is 2. The fourth-order valence-corrected chi connectivity index (χ4v) is 11.4. The number of rotatable bonds is 36. The zero-order valence-corrected chi connectivity index (χ0v) is 53.1. The van der Waals surface area contributed by atoms with Gasteiger partial charge in [0.25, 0.3) is 23.6 Å². The van der Waals surface area contributed by atoms with Gasteiger partial charge in [-0.1, -0.05) is 82.6 Å². The number of amides is 4. The Kier molecular flexibility index (Phi) is 29.2. The van der Waals surface area contributed by atoms with Crippen LogP contribution in [0.5, 0.6) is 0 Å². The molecule has 467 valence electrons. The Bertz CT molecular complexity index is 2720. The minimum Gasteiger partial charge on any atom is -0.539 e. The number of nitrogens with zero attached hydrogens (tertiary/aromatic N) is 6. The van der Waals surface area contributed by atoms with E-state index in [9.17, 15) is 33.6 Å². The van der Waals surface area contributed by atoms with Crippen LogP contribution in [-0.4, -0.2) is 235 Å². The standard InChI is InChI=1S/C60H87N14O11.Y/c1-39(2)26-45(34-77)64-51-31-70(52(38-81)63-41(5)32-75)21-23-71(51)58(83)54(67-46(35-78)27-40(3)4)73-24-25-74(55(59(73)84)65-44(33-76)16-12-13-19-61)60(85)56(68-48(37-80)29-43-30-62-50-18-11-10-17-49(43)50)72-22-20-69(6)53(57(72)82)66-47(36-79)28-42-14-8-7-9-15-42;/h7-11,14-15,17-18,30,32-37,39-41,44-48,51-56,62-68H,12-13,16,19-29,31,61H2,1-6H3;/q-1;/t41-,44-,45-,46-,47-,48-,51+,52+,53+,54+,55+,56+;/m0./s1. The van der Waals surface area contributed by atoms with Crippen molar-refractivity contribution in [1.82, 2.24) is 66.3 Å². The zero-order chi connectivity index (χ0) is 61.7. The number of H-pyrrole nitrogens is 1. The van der Waals surface area contributed by atoms with E-state index in [0.717, 1.165) is 28.3 Å². The van der Waals surface area contributed by atoms with Gasteiger partial charge in [-0.3, -0.25) is 50.7 Å². The number of aromatic amines is 1. The third-order valence-electron chi connectivity index (χ3n) is 15.8. The molecule has 26 heteroatoms. The van der Waals surface area contributed by atoms with E-state index in [2.05, 4.69) is 36.9 Å². The molecule has 0 aliphatic carbocycles. The van der Waals surface area contributed by atoms with Crippen molar-refractivity contribution in [2.45, 2.75) is 153 Å². The van der Waals surface area contributed by atoms with Gasteiger partial charge in [-0.05, 0) is 94.2 Å². The number of carbonyl (C=O) groups is 10. The molecule has 1 radical (unpaired) electrons. The second-order valence-corrected chi connectivity index (χ2v) is 23.2. The van der Waals surface area contributed by atoms with E-state index >= 15 is 19.2 Å². The van der Waals surface area contributed by atoms with E-state index in [1.54, 1.807) is 30.0 Å². The Balaban J connectivity index is 0.0000135. The number of piperazine rings is 3. The van der Waals surface area contributed by atoms with E-state index in [-0.39, 0.29) is 116 Å². The number of unbranched alkanes of at least 4 members (excludes halogenated alkanes) is 1. The summed E-state index contributed by atoms with van der Waals surface area (Å²) >= 11 is 0. The van der Waals surface area contributed by atoms with Crippen molar-refractivity contribution < 1.29 is 85.4 Å². The molecule has 86 heavy (non-hydrogen) atoms. The summed E-state index contributed by atoms with van der Waals surface area (Å²) in [6.07, 6.45) is 1.61. The molecule has 0 unspecified atom stereocenters. The first-order chi connectivity index (χ1) is 40.9. The van der Waals surface area contributed by atoms with Crippen molar-refractivity contribution in [1.29, 1.82) is 0 Å². The molecule has 3 fully saturated rings. The zero-order valence-electron chi connectivity index (χ0n) is 50.3. The fraction of sp³-hybridized carbons (Fsp3) is 0.583. The van der Waals surface area contributed by atoms with E-state index in [4.69, 9.17) is 5.73 Å². The summed E-state index contributed by atoms with van der Waals surface area (Å²) in [5.74, 6) is -3.03. The number of para-hydroxylation sites is 1. The molecule has 0 bridgehead atoms. The maximum Gasteiger partial charge on any atom is 0.262 e. The van der Waals surface area contributed by atoms with Gasteiger partial charge in [0.05, 0.1) is 42.4 Å². The summed E-state index contributed by atoms with van der Waals surface area (Å²) in [4.78, 5) is 163. The number of aromatic nitrogens is 1. The number of hydrogen-bond donors (Lipinski definition) is 8. The Morgan fingerprint density at radius 2 is 1.21 bits per heavy atom. The van der Waals surface area contributed by atoms with Crippen LogP contribution in [-0.2, 0) is 98.3 Å². The second kappa shape index (κ2) is 35.3. The van der Waals surface area contributed by atoms with Crippen molar-refractivity contribution in [2.24, 2.45) is 17.6 Å². The Morgan fingerprint density at radius 3 is 1.83 bits per heavy atom. The molecule has 6 rings (SSSR count). The SMILES string of the molecule is CC(C)C[C@@H](C=O)N[C@H]1CN([C@H]([C-]=O)N[C@@H](C)C=O)CCN1C(=O)[C@H](N[C@H](C=O)CC(C)C)N1CCN(C(=O)[C@H](N[C@H](C=O)Cc2c[nH]c3ccccc23)N2CCN(C)[C@@H](N[C@H](C=O)Cc3ccccc3)C2=O)[C@@H](N[C@H](C=O)CCCCN)C1=O.[Y]. The summed E-state index contributed by atoms with van der Waals surface area (Å²) in [6, 6.07) is 11.2. The molecule has 4 heterocycles. The molecule has 1 aromatic heterocycles. The Hall–Kier alpha value is -5.71. The van der Waals surface area contributed by atoms with Crippen molar-refractivity contribution >= 4 is 78.5 Å². The topological polar surface area (TPSA) is 321 Å². The first-order valence-electron chi connectivity index (χ1n) is 29.5. The molecule has 9 N–H and O–H groups in total. The normalized spacial score (nSPS) is 21.2. The number of carbonyl (C=O) groups excluding carboxylic acids is 11. The van der Waals surface area contributed by atoms with Crippen LogP contribution in [0.1, 0.15) is 77.8 Å². The van der Waals surface area contributed by atoms with Crippen LogP contribution >= 0.6 is 0 Å². The maximum absolute atomic E-state index is 16.0.